The van der Waals surface area contributed by atoms with E-state index in [0.717, 1.165) is 25.3 Å². The van der Waals surface area contributed by atoms with Crippen molar-refractivity contribution in [1.29, 1.82) is 0 Å². The summed E-state index contributed by atoms with van der Waals surface area (Å²) in [6.45, 7) is 5.92. The first-order chi connectivity index (χ1) is 8.72. The van der Waals surface area contributed by atoms with Crippen molar-refractivity contribution in [2.45, 2.75) is 26.3 Å². The smallest absolute Gasteiger partial charge is 0.243 e. The molecular weight excluding hydrogens is 228 g/mol. The van der Waals surface area contributed by atoms with Crippen LogP contribution in [-0.2, 0) is 4.74 Å². The maximum atomic E-state index is 5.40. The number of nitrogens with one attached hydrogen (secondary N) is 1. The number of ether oxygens (including phenoxy) is 1. The number of hydrogen-bond acceptors (Lipinski definition) is 4. The van der Waals surface area contributed by atoms with Gasteiger partial charge in [0, 0.05) is 24.8 Å². The first kappa shape index (κ1) is 11.5. The largest absolute Gasteiger partial charge is 0.381 e. The third kappa shape index (κ3) is 2.18. The Kier molecular flexibility index (Phi) is 2.91. The summed E-state index contributed by atoms with van der Waals surface area (Å²) in [5, 5.41) is 7.79. The van der Waals surface area contributed by atoms with E-state index in [1.165, 1.54) is 5.56 Å². The molecule has 1 aliphatic rings. The summed E-state index contributed by atoms with van der Waals surface area (Å²) < 4.78 is 7.20. The molecule has 2 unspecified atom stereocenters. The molecule has 0 aliphatic carbocycles. The van der Waals surface area contributed by atoms with Crippen LogP contribution in [0.4, 0.5) is 5.95 Å². The predicted molar refractivity (Wildman–Crippen MR) is 69.7 cm³/mol. The van der Waals surface area contributed by atoms with Gasteiger partial charge in [-0.3, -0.25) is 0 Å². The summed E-state index contributed by atoms with van der Waals surface area (Å²) in [6, 6.07) is 4.40. The molecule has 0 radical (unpaired) electrons. The van der Waals surface area contributed by atoms with Gasteiger partial charge in [0.15, 0.2) is 5.65 Å². The molecule has 2 aromatic heterocycles. The molecular formula is C13H18N4O. The fraction of sp³-hybridized carbons (Fsp3) is 0.538. The van der Waals surface area contributed by atoms with E-state index in [0.29, 0.717) is 17.9 Å². The van der Waals surface area contributed by atoms with Gasteiger partial charge in [0.25, 0.3) is 0 Å². The van der Waals surface area contributed by atoms with Crippen LogP contribution in [0.15, 0.2) is 18.3 Å². The summed E-state index contributed by atoms with van der Waals surface area (Å²) >= 11 is 0. The molecule has 1 fully saturated rings. The molecule has 1 aliphatic heterocycles. The molecule has 0 spiro atoms. The highest BCUT2D eigenvalue weighted by Crippen LogP contribution is 2.19. The molecule has 5 heteroatoms. The lowest BCUT2D eigenvalue weighted by Crippen LogP contribution is -2.26. The van der Waals surface area contributed by atoms with Crippen LogP contribution < -0.4 is 5.32 Å². The van der Waals surface area contributed by atoms with Crippen LogP contribution >= 0.6 is 0 Å². The van der Waals surface area contributed by atoms with Gasteiger partial charge in [-0.2, -0.15) is 4.98 Å². The number of pyridine rings is 1. The molecule has 5 nitrogen and oxygen atoms in total. The fourth-order valence-corrected chi connectivity index (χ4v) is 2.31. The van der Waals surface area contributed by atoms with E-state index in [2.05, 4.69) is 29.2 Å². The lowest BCUT2D eigenvalue weighted by atomic mass is 10.0. The first-order valence-electron chi connectivity index (χ1n) is 6.40. The van der Waals surface area contributed by atoms with E-state index in [-0.39, 0.29) is 0 Å². The Hall–Kier alpha value is -1.62. The standard InChI is InChI=1S/C13H18N4O/c1-9-3-5-17-12(7-9)15-13(16-17)14-10(2)11-4-6-18-8-11/h3,5,7,10-11H,4,6,8H2,1-2H3,(H,14,16). The number of aryl methyl sites for hydroxylation is 1. The lowest BCUT2D eigenvalue weighted by Gasteiger charge is -2.17. The Balaban J connectivity index is 1.77. The van der Waals surface area contributed by atoms with Crippen LogP contribution in [0.5, 0.6) is 0 Å². The third-order valence-corrected chi connectivity index (χ3v) is 3.52. The Morgan fingerprint density at radius 2 is 2.44 bits per heavy atom. The van der Waals surface area contributed by atoms with Gasteiger partial charge in [-0.15, -0.1) is 5.10 Å². The zero-order valence-corrected chi connectivity index (χ0v) is 10.8. The minimum atomic E-state index is 0.339. The Morgan fingerprint density at radius 3 is 3.22 bits per heavy atom. The Labute approximate surface area is 106 Å². The van der Waals surface area contributed by atoms with E-state index in [4.69, 9.17) is 4.74 Å². The van der Waals surface area contributed by atoms with E-state index >= 15 is 0 Å². The van der Waals surface area contributed by atoms with Gasteiger partial charge in [0.05, 0.1) is 6.61 Å². The topological polar surface area (TPSA) is 51.5 Å². The molecule has 0 aromatic carbocycles. The SMILES string of the molecule is Cc1ccn2nc(NC(C)C3CCOC3)nc2c1. The summed E-state index contributed by atoms with van der Waals surface area (Å²) in [5.41, 5.74) is 2.08. The predicted octanol–water partition coefficient (Wildman–Crippen LogP) is 1.87. The van der Waals surface area contributed by atoms with Gasteiger partial charge in [0.2, 0.25) is 5.95 Å². The van der Waals surface area contributed by atoms with E-state index in [1.54, 1.807) is 4.52 Å². The third-order valence-electron chi connectivity index (χ3n) is 3.52. The molecule has 0 bridgehead atoms. The van der Waals surface area contributed by atoms with Gasteiger partial charge in [-0.25, -0.2) is 4.52 Å². The van der Waals surface area contributed by atoms with Crippen molar-refractivity contribution in [3.05, 3.63) is 23.9 Å². The molecule has 96 valence electrons. The number of nitrogens with zero attached hydrogens (tertiary/aromatic N) is 3. The quantitative estimate of drug-likeness (QED) is 0.898. The van der Waals surface area contributed by atoms with Gasteiger partial charge < -0.3 is 10.1 Å². The fourth-order valence-electron chi connectivity index (χ4n) is 2.31. The first-order valence-corrected chi connectivity index (χ1v) is 6.40. The molecule has 2 aromatic rings. The van der Waals surface area contributed by atoms with Crippen molar-refractivity contribution >= 4 is 11.6 Å². The minimum Gasteiger partial charge on any atom is -0.381 e. The monoisotopic (exact) mass is 246 g/mol. The highest BCUT2D eigenvalue weighted by molar-refractivity contribution is 5.45. The number of anilines is 1. The average molecular weight is 246 g/mol. The molecule has 3 heterocycles. The second kappa shape index (κ2) is 4.57. The normalized spacial score (nSPS) is 21.3. The van der Waals surface area contributed by atoms with Crippen LogP contribution in [0, 0.1) is 12.8 Å². The molecule has 1 N–H and O–H groups in total. The number of aromatic nitrogens is 3. The maximum Gasteiger partial charge on any atom is 0.243 e. The summed E-state index contributed by atoms with van der Waals surface area (Å²) in [5.74, 6) is 1.25. The summed E-state index contributed by atoms with van der Waals surface area (Å²) in [7, 11) is 0. The van der Waals surface area contributed by atoms with E-state index in [9.17, 15) is 0 Å². The zero-order chi connectivity index (χ0) is 12.5. The van der Waals surface area contributed by atoms with Gasteiger partial charge in [0.1, 0.15) is 0 Å². The highest BCUT2D eigenvalue weighted by Gasteiger charge is 2.23. The Bertz CT molecular complexity index is 545. The average Bonchev–Trinajstić information content (AvgIpc) is 2.95. The molecule has 18 heavy (non-hydrogen) atoms. The van der Waals surface area contributed by atoms with Gasteiger partial charge in [-0.1, -0.05) is 0 Å². The molecule has 3 rings (SSSR count). The van der Waals surface area contributed by atoms with Crippen LogP contribution in [0.1, 0.15) is 18.9 Å². The zero-order valence-electron chi connectivity index (χ0n) is 10.8. The van der Waals surface area contributed by atoms with Crippen molar-refractivity contribution in [2.75, 3.05) is 18.5 Å². The van der Waals surface area contributed by atoms with Crippen LogP contribution in [0.25, 0.3) is 5.65 Å². The lowest BCUT2D eigenvalue weighted by molar-refractivity contribution is 0.183. The molecule has 0 amide bonds. The van der Waals surface area contributed by atoms with Crippen LogP contribution in [0.3, 0.4) is 0 Å². The number of hydrogen-bond donors (Lipinski definition) is 1. The van der Waals surface area contributed by atoms with Crippen molar-refractivity contribution in [2.24, 2.45) is 5.92 Å². The molecule has 1 saturated heterocycles. The van der Waals surface area contributed by atoms with Crippen molar-refractivity contribution in [3.63, 3.8) is 0 Å². The number of fused-ring (bicyclic) bond motifs is 1. The van der Waals surface area contributed by atoms with Gasteiger partial charge >= 0.3 is 0 Å². The van der Waals surface area contributed by atoms with E-state index < -0.39 is 0 Å². The second-order valence-electron chi connectivity index (χ2n) is 5.00. The highest BCUT2D eigenvalue weighted by atomic mass is 16.5. The number of rotatable bonds is 3. The second-order valence-corrected chi connectivity index (χ2v) is 5.00. The van der Waals surface area contributed by atoms with E-state index in [1.807, 2.05) is 18.3 Å². The van der Waals surface area contributed by atoms with Crippen molar-refractivity contribution < 1.29 is 4.74 Å². The van der Waals surface area contributed by atoms with Gasteiger partial charge in [-0.05, 0) is 38.0 Å². The minimum absolute atomic E-state index is 0.339. The maximum absolute atomic E-state index is 5.40. The molecule has 2 atom stereocenters. The summed E-state index contributed by atoms with van der Waals surface area (Å²) in [6.07, 6.45) is 3.05. The van der Waals surface area contributed by atoms with Crippen molar-refractivity contribution in [1.82, 2.24) is 14.6 Å². The summed E-state index contributed by atoms with van der Waals surface area (Å²) in [4.78, 5) is 4.48. The van der Waals surface area contributed by atoms with Crippen LogP contribution in [-0.4, -0.2) is 33.9 Å². The Morgan fingerprint density at radius 1 is 1.56 bits per heavy atom. The van der Waals surface area contributed by atoms with Crippen molar-refractivity contribution in [3.8, 4) is 0 Å². The molecule has 0 saturated carbocycles. The van der Waals surface area contributed by atoms with Crippen LogP contribution in [0.2, 0.25) is 0 Å².